The number of rotatable bonds is 2. The molecule has 0 aliphatic heterocycles. The number of hydrogen-bond donors (Lipinski definition) is 2. The van der Waals surface area contributed by atoms with E-state index in [1.54, 1.807) is 0 Å². The van der Waals surface area contributed by atoms with Gasteiger partial charge in [-0.25, -0.2) is 10.4 Å². The maximum atomic E-state index is 11.8. The zero-order valence-corrected chi connectivity index (χ0v) is 8.82. The number of carbonyl (C=O) groups excluding carboxylic acids is 1. The molecule has 0 bridgehead atoms. The van der Waals surface area contributed by atoms with Crippen LogP contribution in [0.4, 0.5) is 18.3 Å². The highest BCUT2D eigenvalue weighted by Crippen LogP contribution is 2.14. The Kier molecular flexibility index (Phi) is 3.48. The van der Waals surface area contributed by atoms with Crippen LogP contribution in [0.5, 0.6) is 0 Å². The molecule has 0 aromatic carbocycles. The molecule has 1 aromatic rings. The first-order valence-electron chi connectivity index (χ1n) is 3.93. The van der Waals surface area contributed by atoms with E-state index in [4.69, 9.17) is 5.73 Å². The molecule has 1 heterocycles. The third-order valence-corrected chi connectivity index (χ3v) is 2.15. The minimum Gasteiger partial charge on any atom is -0.375 e. The molecule has 0 fully saturated rings. The Morgan fingerprint density at radius 2 is 2.25 bits per heavy atom. The van der Waals surface area contributed by atoms with Gasteiger partial charge in [-0.3, -0.25) is 4.79 Å². The quantitative estimate of drug-likeness (QED) is 0.611. The number of halogens is 3. The third kappa shape index (κ3) is 3.19. The average molecular weight is 252 g/mol. The first kappa shape index (κ1) is 12.4. The SMILES string of the molecule is C/C(=N\NC(=O)C(F)(F)F)c1csc(N)n1. The van der Waals surface area contributed by atoms with Crippen LogP contribution in [0.2, 0.25) is 0 Å². The number of hydrogen-bond acceptors (Lipinski definition) is 5. The number of anilines is 1. The molecule has 5 nitrogen and oxygen atoms in total. The van der Waals surface area contributed by atoms with Crippen LogP contribution >= 0.6 is 11.3 Å². The molecule has 0 unspecified atom stereocenters. The number of thiazole rings is 1. The number of aromatic nitrogens is 1. The summed E-state index contributed by atoms with van der Waals surface area (Å²) in [6.07, 6.45) is -4.95. The van der Waals surface area contributed by atoms with Gasteiger partial charge < -0.3 is 5.73 Å². The van der Waals surface area contributed by atoms with Crippen molar-refractivity contribution in [1.82, 2.24) is 10.4 Å². The van der Waals surface area contributed by atoms with Crippen molar-refractivity contribution in [3.8, 4) is 0 Å². The minimum atomic E-state index is -4.95. The first-order chi connectivity index (χ1) is 7.30. The fraction of sp³-hybridized carbons (Fsp3) is 0.286. The molecule has 1 aromatic heterocycles. The summed E-state index contributed by atoms with van der Waals surface area (Å²) in [5.74, 6) is -2.13. The minimum absolute atomic E-state index is 0.144. The number of nitrogens with two attached hydrogens (primary N) is 1. The Balaban J connectivity index is 2.69. The highest BCUT2D eigenvalue weighted by atomic mass is 32.1. The lowest BCUT2D eigenvalue weighted by molar-refractivity contribution is -0.173. The summed E-state index contributed by atoms with van der Waals surface area (Å²) in [4.78, 5) is 14.2. The molecule has 0 saturated carbocycles. The highest BCUT2D eigenvalue weighted by molar-refractivity contribution is 7.13. The van der Waals surface area contributed by atoms with E-state index in [2.05, 4.69) is 10.1 Å². The maximum Gasteiger partial charge on any atom is 0.473 e. The van der Waals surface area contributed by atoms with Crippen LogP contribution in [0.25, 0.3) is 0 Å². The van der Waals surface area contributed by atoms with E-state index in [0.29, 0.717) is 5.69 Å². The van der Waals surface area contributed by atoms with Crippen LogP contribution in [-0.2, 0) is 4.79 Å². The van der Waals surface area contributed by atoms with Gasteiger partial charge in [0.2, 0.25) is 0 Å². The molecule has 0 spiro atoms. The van der Waals surface area contributed by atoms with E-state index in [1.165, 1.54) is 17.7 Å². The number of alkyl halides is 3. The van der Waals surface area contributed by atoms with E-state index in [0.717, 1.165) is 11.3 Å². The van der Waals surface area contributed by atoms with Crippen LogP contribution in [0, 0.1) is 0 Å². The predicted molar refractivity (Wildman–Crippen MR) is 52.9 cm³/mol. The summed E-state index contributed by atoms with van der Waals surface area (Å²) >= 11 is 1.12. The van der Waals surface area contributed by atoms with Crippen molar-refractivity contribution < 1.29 is 18.0 Å². The fourth-order valence-corrected chi connectivity index (χ4v) is 1.32. The van der Waals surface area contributed by atoms with Gasteiger partial charge in [-0.2, -0.15) is 18.3 Å². The number of nitrogen functional groups attached to an aromatic ring is 1. The lowest BCUT2D eigenvalue weighted by atomic mass is 10.3. The Hall–Kier alpha value is -1.64. The van der Waals surface area contributed by atoms with Gasteiger partial charge in [0.15, 0.2) is 5.13 Å². The molecule has 3 N–H and O–H groups in total. The van der Waals surface area contributed by atoms with E-state index < -0.39 is 12.1 Å². The van der Waals surface area contributed by atoms with Crippen molar-refractivity contribution in [2.75, 3.05) is 5.73 Å². The molecule has 0 aliphatic rings. The number of nitrogens with zero attached hydrogens (tertiary/aromatic N) is 2. The monoisotopic (exact) mass is 252 g/mol. The molecule has 88 valence electrons. The maximum absolute atomic E-state index is 11.8. The van der Waals surface area contributed by atoms with Gasteiger partial charge in [0.25, 0.3) is 0 Å². The fourth-order valence-electron chi connectivity index (χ4n) is 0.709. The summed E-state index contributed by atoms with van der Waals surface area (Å²) in [6, 6.07) is 0. The predicted octanol–water partition coefficient (Wildman–Crippen LogP) is 1.13. The summed E-state index contributed by atoms with van der Waals surface area (Å²) < 4.78 is 35.4. The topological polar surface area (TPSA) is 80.4 Å². The van der Waals surface area contributed by atoms with Crippen LogP contribution in [0.1, 0.15) is 12.6 Å². The highest BCUT2D eigenvalue weighted by Gasteiger charge is 2.38. The van der Waals surface area contributed by atoms with Crippen molar-refractivity contribution in [3.05, 3.63) is 11.1 Å². The molecule has 16 heavy (non-hydrogen) atoms. The Bertz CT molecular complexity index is 426. The summed E-state index contributed by atoms with van der Waals surface area (Å²) in [5.41, 5.74) is 7.17. The second kappa shape index (κ2) is 4.47. The van der Waals surface area contributed by atoms with Crippen molar-refractivity contribution in [2.24, 2.45) is 5.10 Å². The van der Waals surface area contributed by atoms with Gasteiger partial charge in [0.1, 0.15) is 0 Å². The standard InChI is InChI=1S/C7H7F3N4OS/c1-3(4-2-16-6(11)12-4)13-14-5(15)7(8,9)10/h2H,1H3,(H2,11,12)(H,14,15)/b13-3+. The Morgan fingerprint density at radius 1 is 1.62 bits per heavy atom. The molecule has 0 saturated heterocycles. The summed E-state index contributed by atoms with van der Waals surface area (Å²) in [5, 5.41) is 5.05. The number of hydrazone groups is 1. The molecule has 0 atom stereocenters. The zero-order chi connectivity index (χ0) is 12.3. The molecule has 0 radical (unpaired) electrons. The van der Waals surface area contributed by atoms with Crippen molar-refractivity contribution in [2.45, 2.75) is 13.1 Å². The summed E-state index contributed by atoms with van der Waals surface area (Å²) in [6.45, 7) is 1.41. The average Bonchev–Trinajstić information content (AvgIpc) is 2.59. The smallest absolute Gasteiger partial charge is 0.375 e. The normalized spacial score (nSPS) is 12.6. The van der Waals surface area contributed by atoms with Crippen LogP contribution < -0.4 is 11.2 Å². The molecule has 0 aliphatic carbocycles. The number of nitrogens with one attached hydrogen (secondary N) is 1. The van der Waals surface area contributed by atoms with Gasteiger partial charge in [-0.15, -0.1) is 11.3 Å². The first-order valence-corrected chi connectivity index (χ1v) is 4.81. The van der Waals surface area contributed by atoms with Gasteiger partial charge in [0, 0.05) is 5.38 Å². The number of amides is 1. The molecule has 1 amide bonds. The molecular weight excluding hydrogens is 245 g/mol. The van der Waals surface area contributed by atoms with Crippen molar-refractivity contribution in [1.29, 1.82) is 0 Å². The van der Waals surface area contributed by atoms with Crippen molar-refractivity contribution in [3.63, 3.8) is 0 Å². The molecule has 9 heteroatoms. The van der Waals surface area contributed by atoms with Crippen LogP contribution in [-0.4, -0.2) is 22.8 Å². The van der Waals surface area contributed by atoms with Gasteiger partial charge in [-0.05, 0) is 6.92 Å². The zero-order valence-electron chi connectivity index (χ0n) is 8.00. The van der Waals surface area contributed by atoms with E-state index >= 15 is 0 Å². The van der Waals surface area contributed by atoms with E-state index in [-0.39, 0.29) is 10.8 Å². The largest absolute Gasteiger partial charge is 0.473 e. The summed E-state index contributed by atoms with van der Waals surface area (Å²) in [7, 11) is 0. The lowest BCUT2D eigenvalue weighted by Crippen LogP contribution is -2.34. The van der Waals surface area contributed by atoms with E-state index in [9.17, 15) is 18.0 Å². The third-order valence-electron chi connectivity index (χ3n) is 1.48. The van der Waals surface area contributed by atoms with Crippen molar-refractivity contribution >= 4 is 28.1 Å². The molecule has 1 rings (SSSR count). The lowest BCUT2D eigenvalue weighted by Gasteiger charge is -2.03. The molecular formula is C7H7F3N4OS. The second-order valence-corrected chi connectivity index (χ2v) is 3.60. The Morgan fingerprint density at radius 3 is 2.69 bits per heavy atom. The van der Waals surface area contributed by atoms with Gasteiger partial charge >= 0.3 is 12.1 Å². The van der Waals surface area contributed by atoms with E-state index in [1.807, 2.05) is 0 Å². The van der Waals surface area contributed by atoms with Crippen LogP contribution in [0.15, 0.2) is 10.5 Å². The van der Waals surface area contributed by atoms with Gasteiger partial charge in [0.05, 0.1) is 11.4 Å². The van der Waals surface area contributed by atoms with Gasteiger partial charge in [-0.1, -0.05) is 0 Å². The second-order valence-electron chi connectivity index (χ2n) is 2.71. The Labute approximate surface area is 92.2 Å². The van der Waals surface area contributed by atoms with Crippen LogP contribution in [0.3, 0.4) is 0 Å². The number of carbonyl (C=O) groups is 1.